The molecule has 1 N–H and O–H groups in total. The number of hydrogen-bond acceptors (Lipinski definition) is 2. The molecule has 0 aliphatic carbocycles. The van der Waals surface area contributed by atoms with E-state index in [0.29, 0.717) is 17.8 Å². The maximum atomic E-state index is 12.8. The van der Waals surface area contributed by atoms with Crippen LogP contribution in [0.4, 0.5) is 13.2 Å². The number of rotatable bonds is 5. The van der Waals surface area contributed by atoms with Crippen molar-refractivity contribution in [2.75, 3.05) is 0 Å². The summed E-state index contributed by atoms with van der Waals surface area (Å²) >= 11 is 1.53. The molecule has 26 heavy (non-hydrogen) atoms. The first kappa shape index (κ1) is 18.3. The Labute approximate surface area is 152 Å². The highest BCUT2D eigenvalue weighted by molar-refractivity contribution is 7.17. The van der Waals surface area contributed by atoms with Gasteiger partial charge in [0.15, 0.2) is 0 Å². The molecule has 2 aromatic heterocycles. The van der Waals surface area contributed by atoms with Crippen molar-refractivity contribution >= 4 is 27.5 Å². The largest absolute Gasteiger partial charge is 0.416 e. The Kier molecular flexibility index (Phi) is 4.91. The van der Waals surface area contributed by atoms with Crippen LogP contribution >= 0.6 is 11.3 Å². The summed E-state index contributed by atoms with van der Waals surface area (Å²) in [7, 11) is 0. The molecule has 0 saturated heterocycles. The van der Waals surface area contributed by atoms with E-state index in [9.17, 15) is 18.0 Å². The molecule has 0 aliphatic heterocycles. The lowest BCUT2D eigenvalue weighted by molar-refractivity contribution is -0.137. The minimum absolute atomic E-state index is 0.0225. The summed E-state index contributed by atoms with van der Waals surface area (Å²) in [5.74, 6) is -0.327. The van der Waals surface area contributed by atoms with E-state index in [1.807, 2.05) is 22.9 Å². The number of carbonyl (C=O) groups is 1. The van der Waals surface area contributed by atoms with Gasteiger partial charge in [0.25, 0.3) is 5.91 Å². The lowest BCUT2D eigenvalue weighted by Gasteiger charge is -2.12. The van der Waals surface area contributed by atoms with E-state index in [1.165, 1.54) is 17.4 Å². The Bertz CT molecular complexity index is 969. The van der Waals surface area contributed by atoms with Crippen LogP contribution in [0.25, 0.3) is 10.2 Å². The predicted octanol–water partition coefficient (Wildman–Crippen LogP) is 5.23. The van der Waals surface area contributed by atoms with Crippen molar-refractivity contribution in [2.45, 2.75) is 26.2 Å². The van der Waals surface area contributed by atoms with Crippen molar-refractivity contribution in [1.82, 2.24) is 9.88 Å². The highest BCUT2D eigenvalue weighted by Crippen LogP contribution is 2.29. The van der Waals surface area contributed by atoms with Gasteiger partial charge in [-0.15, -0.1) is 11.3 Å². The first-order valence-corrected chi connectivity index (χ1v) is 8.79. The Balaban J connectivity index is 1.80. The standard InChI is InChI=1S/C19H17F3N2OS/c1-12(2)11-24-15-6-7-26-17(15)9-16(24)18(25)23-10-13-4-3-5-14(8-13)19(20,21)22/h3-9H,1,10-11H2,2H3,(H,23,25). The van der Waals surface area contributed by atoms with Crippen molar-refractivity contribution < 1.29 is 18.0 Å². The van der Waals surface area contributed by atoms with Crippen molar-refractivity contribution in [3.63, 3.8) is 0 Å². The zero-order chi connectivity index (χ0) is 18.9. The fourth-order valence-corrected chi connectivity index (χ4v) is 3.56. The highest BCUT2D eigenvalue weighted by atomic mass is 32.1. The lowest BCUT2D eigenvalue weighted by Crippen LogP contribution is -2.25. The number of allylic oxidation sites excluding steroid dienone is 1. The zero-order valence-corrected chi connectivity index (χ0v) is 14.9. The minimum atomic E-state index is -4.40. The van der Waals surface area contributed by atoms with Crippen LogP contribution in [-0.2, 0) is 19.3 Å². The van der Waals surface area contributed by atoms with Crippen molar-refractivity contribution in [1.29, 1.82) is 0 Å². The van der Waals surface area contributed by atoms with Crippen LogP contribution in [0.15, 0.2) is 53.9 Å². The molecule has 1 aromatic carbocycles. The summed E-state index contributed by atoms with van der Waals surface area (Å²) in [4.78, 5) is 12.6. The quantitative estimate of drug-likeness (QED) is 0.606. The second kappa shape index (κ2) is 6.99. The minimum Gasteiger partial charge on any atom is -0.347 e. The third kappa shape index (κ3) is 3.83. The summed E-state index contributed by atoms with van der Waals surface area (Å²) in [6.45, 7) is 6.30. The molecule has 0 bridgehead atoms. The molecule has 0 spiro atoms. The summed E-state index contributed by atoms with van der Waals surface area (Å²) in [5.41, 5.74) is 1.99. The summed E-state index contributed by atoms with van der Waals surface area (Å²) in [5, 5.41) is 4.65. The smallest absolute Gasteiger partial charge is 0.347 e. The topological polar surface area (TPSA) is 34.0 Å². The molecule has 3 nitrogen and oxygen atoms in total. The van der Waals surface area contributed by atoms with E-state index in [1.54, 1.807) is 12.1 Å². The Morgan fingerprint density at radius 1 is 1.27 bits per heavy atom. The van der Waals surface area contributed by atoms with Crippen molar-refractivity contribution in [3.8, 4) is 0 Å². The number of carbonyl (C=O) groups excluding carboxylic acids is 1. The highest BCUT2D eigenvalue weighted by Gasteiger charge is 2.30. The molecular formula is C19H17F3N2OS. The molecule has 0 saturated carbocycles. The predicted molar refractivity (Wildman–Crippen MR) is 97.2 cm³/mol. The Morgan fingerprint density at radius 3 is 2.73 bits per heavy atom. The summed E-state index contributed by atoms with van der Waals surface area (Å²) in [6, 6.07) is 8.69. The van der Waals surface area contributed by atoms with Gasteiger partial charge in [0.2, 0.25) is 0 Å². The van der Waals surface area contributed by atoms with Gasteiger partial charge in [-0.25, -0.2) is 0 Å². The number of nitrogens with one attached hydrogen (secondary N) is 1. The first-order valence-electron chi connectivity index (χ1n) is 7.91. The Hall–Kier alpha value is -2.54. The molecule has 0 atom stereocenters. The van der Waals surface area contributed by atoms with E-state index in [2.05, 4.69) is 11.9 Å². The van der Waals surface area contributed by atoms with Crippen LogP contribution in [0.2, 0.25) is 0 Å². The fourth-order valence-electron chi connectivity index (χ4n) is 2.74. The number of amides is 1. The molecule has 0 radical (unpaired) electrons. The number of fused-ring (bicyclic) bond motifs is 1. The van der Waals surface area contributed by atoms with Crippen LogP contribution in [0.5, 0.6) is 0 Å². The number of aromatic nitrogens is 1. The van der Waals surface area contributed by atoms with Crippen molar-refractivity contribution in [2.24, 2.45) is 0 Å². The molecule has 3 rings (SSSR count). The van der Waals surface area contributed by atoms with Gasteiger partial charge in [0.05, 0.1) is 15.8 Å². The van der Waals surface area contributed by atoms with Gasteiger partial charge in [0.1, 0.15) is 5.69 Å². The Morgan fingerprint density at radius 2 is 2.04 bits per heavy atom. The van der Waals surface area contributed by atoms with Crippen LogP contribution < -0.4 is 5.32 Å². The second-order valence-corrected chi connectivity index (χ2v) is 7.07. The molecular weight excluding hydrogens is 361 g/mol. The average Bonchev–Trinajstić information content (AvgIpc) is 3.14. The number of halogens is 3. The monoisotopic (exact) mass is 378 g/mol. The van der Waals surface area contributed by atoms with Crippen LogP contribution in [0.3, 0.4) is 0 Å². The van der Waals surface area contributed by atoms with Gasteiger partial charge in [-0.1, -0.05) is 24.3 Å². The lowest BCUT2D eigenvalue weighted by atomic mass is 10.1. The van der Waals surface area contributed by atoms with Gasteiger partial charge in [0, 0.05) is 13.1 Å². The number of benzene rings is 1. The van der Waals surface area contributed by atoms with E-state index >= 15 is 0 Å². The number of nitrogens with zero attached hydrogens (tertiary/aromatic N) is 1. The molecule has 1 amide bonds. The maximum absolute atomic E-state index is 12.8. The molecule has 0 unspecified atom stereocenters. The summed E-state index contributed by atoms with van der Waals surface area (Å²) < 4.78 is 41.2. The number of alkyl halides is 3. The molecule has 0 fully saturated rings. The van der Waals surface area contributed by atoms with E-state index in [-0.39, 0.29) is 12.5 Å². The molecule has 2 heterocycles. The van der Waals surface area contributed by atoms with E-state index in [0.717, 1.165) is 27.9 Å². The third-order valence-corrected chi connectivity index (χ3v) is 4.74. The van der Waals surface area contributed by atoms with Gasteiger partial charge in [-0.2, -0.15) is 13.2 Å². The molecule has 136 valence electrons. The van der Waals surface area contributed by atoms with Gasteiger partial charge in [-0.3, -0.25) is 4.79 Å². The summed E-state index contributed by atoms with van der Waals surface area (Å²) in [6.07, 6.45) is -4.40. The van der Waals surface area contributed by atoms with Crippen molar-refractivity contribution in [3.05, 3.63) is 70.8 Å². The van der Waals surface area contributed by atoms with Crippen LogP contribution in [0.1, 0.15) is 28.5 Å². The third-order valence-electron chi connectivity index (χ3n) is 3.89. The molecule has 3 aromatic rings. The number of thiophene rings is 1. The molecule has 7 heteroatoms. The van der Waals surface area contributed by atoms with E-state index < -0.39 is 11.7 Å². The van der Waals surface area contributed by atoms with Gasteiger partial charge in [-0.05, 0) is 42.1 Å². The fraction of sp³-hybridized carbons (Fsp3) is 0.211. The van der Waals surface area contributed by atoms with Gasteiger partial charge < -0.3 is 9.88 Å². The molecule has 0 aliphatic rings. The van der Waals surface area contributed by atoms with Crippen LogP contribution in [0, 0.1) is 0 Å². The maximum Gasteiger partial charge on any atom is 0.416 e. The normalized spacial score (nSPS) is 11.7. The zero-order valence-electron chi connectivity index (χ0n) is 14.1. The van der Waals surface area contributed by atoms with E-state index in [4.69, 9.17) is 0 Å². The SMILES string of the molecule is C=C(C)Cn1c(C(=O)NCc2cccc(C(F)(F)F)c2)cc2sccc21. The first-order chi connectivity index (χ1) is 12.3. The van der Waals surface area contributed by atoms with Gasteiger partial charge >= 0.3 is 6.18 Å². The second-order valence-electron chi connectivity index (χ2n) is 6.12. The number of hydrogen-bond donors (Lipinski definition) is 1. The van der Waals surface area contributed by atoms with Crippen LogP contribution in [-0.4, -0.2) is 10.5 Å². The average molecular weight is 378 g/mol.